The van der Waals surface area contributed by atoms with E-state index in [1.54, 1.807) is 0 Å². The molecule has 70 valence electrons. The van der Waals surface area contributed by atoms with Gasteiger partial charge in [-0.1, -0.05) is 35.9 Å². The van der Waals surface area contributed by atoms with Gasteiger partial charge >= 0.3 is 0 Å². The molecule has 0 heterocycles. The summed E-state index contributed by atoms with van der Waals surface area (Å²) in [7, 11) is 0. The van der Waals surface area contributed by atoms with Crippen molar-refractivity contribution >= 4 is 0 Å². The Morgan fingerprint density at radius 1 is 1.23 bits per heavy atom. The van der Waals surface area contributed by atoms with Crippen molar-refractivity contribution in [2.45, 2.75) is 33.6 Å². The number of benzene rings is 1. The summed E-state index contributed by atoms with van der Waals surface area (Å²) in [5, 5.41) is 0. The van der Waals surface area contributed by atoms with Gasteiger partial charge in [0.25, 0.3) is 0 Å². The first-order valence-electron chi connectivity index (χ1n) is 4.91. The fraction of sp³-hybridized carbons (Fsp3) is 0.385. The lowest BCUT2D eigenvalue weighted by Gasteiger charge is -2.04. The molecule has 0 atom stereocenters. The van der Waals surface area contributed by atoms with E-state index in [4.69, 9.17) is 0 Å². The summed E-state index contributed by atoms with van der Waals surface area (Å²) in [5.41, 5.74) is 4.25. The molecule has 1 aromatic rings. The third kappa shape index (κ3) is 3.06. The van der Waals surface area contributed by atoms with Crippen LogP contribution in [0.4, 0.5) is 0 Å². The van der Waals surface area contributed by atoms with E-state index < -0.39 is 0 Å². The van der Waals surface area contributed by atoms with Crippen LogP contribution in [-0.2, 0) is 6.42 Å². The second kappa shape index (κ2) is 4.86. The van der Waals surface area contributed by atoms with Crippen molar-refractivity contribution < 1.29 is 0 Å². The molecule has 0 bridgehead atoms. The van der Waals surface area contributed by atoms with Crippen LogP contribution < -0.4 is 0 Å². The van der Waals surface area contributed by atoms with E-state index in [2.05, 4.69) is 51.1 Å². The van der Waals surface area contributed by atoms with Gasteiger partial charge in [0.05, 0.1) is 0 Å². The van der Waals surface area contributed by atoms with Crippen molar-refractivity contribution in [2.24, 2.45) is 0 Å². The molecule has 0 saturated heterocycles. The molecule has 0 N–H and O–H groups in total. The molecule has 0 aliphatic rings. The monoisotopic (exact) mass is 174 g/mol. The number of aryl methyl sites for hydroxylation is 3. The summed E-state index contributed by atoms with van der Waals surface area (Å²) in [4.78, 5) is 0. The van der Waals surface area contributed by atoms with Crippen LogP contribution in [-0.4, -0.2) is 0 Å². The molecule has 0 unspecified atom stereocenters. The van der Waals surface area contributed by atoms with E-state index in [1.807, 2.05) is 0 Å². The molecular formula is C13H18. The lowest BCUT2D eigenvalue weighted by molar-refractivity contribution is 0.983. The zero-order valence-electron chi connectivity index (χ0n) is 8.80. The largest absolute Gasteiger partial charge is 0.0917 e. The summed E-state index contributed by atoms with van der Waals surface area (Å²) < 4.78 is 0. The fourth-order valence-corrected chi connectivity index (χ4v) is 1.53. The molecule has 0 aliphatic heterocycles. The van der Waals surface area contributed by atoms with Crippen LogP contribution in [0.5, 0.6) is 0 Å². The van der Waals surface area contributed by atoms with E-state index in [9.17, 15) is 0 Å². The average Bonchev–Trinajstić information content (AvgIpc) is 2.09. The van der Waals surface area contributed by atoms with Gasteiger partial charge in [-0.3, -0.25) is 0 Å². The van der Waals surface area contributed by atoms with E-state index in [1.165, 1.54) is 16.7 Å². The third-order valence-electron chi connectivity index (χ3n) is 2.31. The van der Waals surface area contributed by atoms with Crippen molar-refractivity contribution in [3.05, 3.63) is 47.0 Å². The Hall–Kier alpha value is -1.04. The molecule has 13 heavy (non-hydrogen) atoms. The van der Waals surface area contributed by atoms with Crippen LogP contribution in [0.1, 0.15) is 30.0 Å². The van der Waals surface area contributed by atoms with Crippen LogP contribution in [0.3, 0.4) is 0 Å². The molecule has 0 saturated carbocycles. The van der Waals surface area contributed by atoms with Gasteiger partial charge in [-0.15, -0.1) is 0 Å². The molecule has 1 aromatic carbocycles. The minimum absolute atomic E-state index is 1.15. The maximum Gasteiger partial charge on any atom is -0.0242 e. The Bertz CT molecular complexity index is 295. The standard InChI is InChI=1S/C13H18/c1-4-5-6-7-13-9-8-11(2)10-12(13)3/h4-5,8-10H,6-7H2,1-3H3/b5-4-. The van der Waals surface area contributed by atoms with Gasteiger partial charge in [-0.25, -0.2) is 0 Å². The highest BCUT2D eigenvalue weighted by molar-refractivity contribution is 5.30. The van der Waals surface area contributed by atoms with Crippen LogP contribution in [0.25, 0.3) is 0 Å². The van der Waals surface area contributed by atoms with Crippen LogP contribution in [0.2, 0.25) is 0 Å². The number of allylic oxidation sites excluding steroid dienone is 2. The maximum atomic E-state index is 2.25. The lowest BCUT2D eigenvalue weighted by atomic mass is 10.0. The van der Waals surface area contributed by atoms with Crippen LogP contribution in [0, 0.1) is 13.8 Å². The zero-order valence-corrected chi connectivity index (χ0v) is 8.80. The Kier molecular flexibility index (Phi) is 3.75. The van der Waals surface area contributed by atoms with Crippen LogP contribution in [0.15, 0.2) is 30.4 Å². The normalized spacial score (nSPS) is 11.0. The average molecular weight is 174 g/mol. The fourth-order valence-electron chi connectivity index (χ4n) is 1.53. The van der Waals surface area contributed by atoms with Gasteiger partial charge in [-0.2, -0.15) is 0 Å². The Morgan fingerprint density at radius 2 is 2.00 bits per heavy atom. The summed E-state index contributed by atoms with van der Waals surface area (Å²) in [6.07, 6.45) is 6.65. The number of hydrogen-bond acceptors (Lipinski definition) is 0. The summed E-state index contributed by atoms with van der Waals surface area (Å²) in [5.74, 6) is 0. The minimum atomic E-state index is 1.15. The van der Waals surface area contributed by atoms with Gasteiger partial charge in [-0.05, 0) is 44.7 Å². The lowest BCUT2D eigenvalue weighted by Crippen LogP contribution is -1.89. The molecule has 1 rings (SSSR count). The van der Waals surface area contributed by atoms with E-state index in [0.29, 0.717) is 0 Å². The van der Waals surface area contributed by atoms with E-state index in [0.717, 1.165) is 12.8 Å². The quantitative estimate of drug-likeness (QED) is 0.611. The first-order valence-corrected chi connectivity index (χ1v) is 4.91. The zero-order chi connectivity index (χ0) is 9.68. The topological polar surface area (TPSA) is 0 Å². The van der Waals surface area contributed by atoms with Crippen molar-refractivity contribution in [3.8, 4) is 0 Å². The molecule has 0 heteroatoms. The highest BCUT2D eigenvalue weighted by Crippen LogP contribution is 2.12. The minimum Gasteiger partial charge on any atom is -0.0917 e. The molecule has 0 amide bonds. The third-order valence-corrected chi connectivity index (χ3v) is 2.31. The maximum absolute atomic E-state index is 2.25. The Morgan fingerprint density at radius 3 is 2.62 bits per heavy atom. The number of hydrogen-bond donors (Lipinski definition) is 0. The molecule has 0 spiro atoms. The molecular weight excluding hydrogens is 156 g/mol. The molecule has 0 aromatic heterocycles. The molecule has 0 aliphatic carbocycles. The van der Waals surface area contributed by atoms with Crippen molar-refractivity contribution in [3.63, 3.8) is 0 Å². The van der Waals surface area contributed by atoms with Gasteiger partial charge < -0.3 is 0 Å². The molecule has 0 radical (unpaired) electrons. The predicted molar refractivity (Wildman–Crippen MR) is 59.1 cm³/mol. The van der Waals surface area contributed by atoms with Gasteiger partial charge in [0.15, 0.2) is 0 Å². The number of rotatable bonds is 3. The predicted octanol–water partition coefficient (Wildman–Crippen LogP) is 3.81. The first-order chi connectivity index (χ1) is 6.24. The van der Waals surface area contributed by atoms with Gasteiger partial charge in [0.1, 0.15) is 0 Å². The van der Waals surface area contributed by atoms with E-state index in [-0.39, 0.29) is 0 Å². The molecule has 0 nitrogen and oxygen atoms in total. The first kappa shape index (κ1) is 10.0. The SMILES string of the molecule is C/C=C\CCc1ccc(C)cc1C. The van der Waals surface area contributed by atoms with Crippen LogP contribution >= 0.6 is 0 Å². The smallest absolute Gasteiger partial charge is 0.0242 e. The summed E-state index contributed by atoms with van der Waals surface area (Å²) in [6.45, 7) is 6.41. The molecule has 0 fully saturated rings. The van der Waals surface area contributed by atoms with Crippen molar-refractivity contribution in [2.75, 3.05) is 0 Å². The second-order valence-corrected chi connectivity index (χ2v) is 3.54. The highest BCUT2D eigenvalue weighted by atomic mass is 14.0. The van der Waals surface area contributed by atoms with E-state index >= 15 is 0 Å². The van der Waals surface area contributed by atoms with Crippen molar-refractivity contribution in [1.29, 1.82) is 0 Å². The second-order valence-electron chi connectivity index (χ2n) is 3.54. The summed E-state index contributed by atoms with van der Waals surface area (Å²) >= 11 is 0. The van der Waals surface area contributed by atoms with Gasteiger partial charge in [0.2, 0.25) is 0 Å². The highest BCUT2D eigenvalue weighted by Gasteiger charge is 1.96. The summed E-state index contributed by atoms with van der Waals surface area (Å²) in [6, 6.07) is 6.69. The van der Waals surface area contributed by atoms with Crippen molar-refractivity contribution in [1.82, 2.24) is 0 Å². The Labute approximate surface area is 81.3 Å². The Balaban J connectivity index is 2.66. The van der Waals surface area contributed by atoms with Gasteiger partial charge in [0, 0.05) is 0 Å².